The Labute approximate surface area is 173 Å². The summed E-state index contributed by atoms with van der Waals surface area (Å²) >= 11 is 3.36. The van der Waals surface area contributed by atoms with Crippen LogP contribution in [0.15, 0.2) is 46.9 Å². The van der Waals surface area contributed by atoms with Crippen molar-refractivity contribution in [3.8, 4) is 0 Å². The number of ether oxygens (including phenoxy) is 1. The first-order chi connectivity index (χ1) is 13.4. The smallest absolute Gasteiger partial charge is 0.241 e. The van der Waals surface area contributed by atoms with Crippen LogP contribution < -0.4 is 10.2 Å². The van der Waals surface area contributed by atoms with E-state index in [4.69, 9.17) is 4.74 Å². The molecular formula is C21H25BrFN3O2. The van der Waals surface area contributed by atoms with Crippen LogP contribution in [0.2, 0.25) is 0 Å². The van der Waals surface area contributed by atoms with Gasteiger partial charge in [-0.25, -0.2) is 4.39 Å². The molecule has 0 aliphatic carbocycles. The number of nitrogens with one attached hydrogen (secondary N) is 1. The van der Waals surface area contributed by atoms with Crippen molar-refractivity contribution >= 4 is 33.2 Å². The predicted molar refractivity (Wildman–Crippen MR) is 113 cm³/mol. The van der Waals surface area contributed by atoms with Crippen molar-refractivity contribution in [2.24, 2.45) is 0 Å². The van der Waals surface area contributed by atoms with Gasteiger partial charge in [0.05, 0.1) is 19.3 Å². The second-order valence-corrected chi connectivity index (χ2v) is 7.88. The number of nitrogens with zero attached hydrogens (tertiary/aromatic N) is 2. The average Bonchev–Trinajstić information content (AvgIpc) is 2.71. The van der Waals surface area contributed by atoms with Gasteiger partial charge in [0, 0.05) is 41.0 Å². The standard InChI is InChI=1S/C21H25BrFN3O2/c1-15(25(2)14-16-13-17(22)3-8-20(16)23)21(27)24-18-4-6-19(7-5-18)26-9-11-28-12-10-26/h3-8,13,15H,9-12,14H2,1-2H3,(H,24,27). The Bertz CT molecular complexity index is 810. The first kappa shape index (κ1) is 20.8. The van der Waals surface area contributed by atoms with E-state index in [1.54, 1.807) is 12.1 Å². The number of carbonyl (C=O) groups excluding carboxylic acids is 1. The molecule has 0 spiro atoms. The van der Waals surface area contributed by atoms with E-state index >= 15 is 0 Å². The molecule has 1 atom stereocenters. The van der Waals surface area contributed by atoms with Crippen LogP contribution in [0.25, 0.3) is 0 Å². The van der Waals surface area contributed by atoms with Crippen LogP contribution in [0.4, 0.5) is 15.8 Å². The minimum absolute atomic E-state index is 0.128. The SMILES string of the molecule is CC(C(=O)Nc1ccc(N2CCOCC2)cc1)N(C)Cc1cc(Br)ccc1F. The molecule has 1 amide bonds. The van der Waals surface area contributed by atoms with Gasteiger partial charge in [0.25, 0.3) is 0 Å². The van der Waals surface area contributed by atoms with Gasteiger partial charge in [0.1, 0.15) is 5.82 Å². The third-order valence-corrected chi connectivity index (χ3v) is 5.47. The van der Waals surface area contributed by atoms with E-state index in [2.05, 4.69) is 26.1 Å². The molecule has 1 unspecified atom stereocenters. The minimum Gasteiger partial charge on any atom is -0.378 e. The summed E-state index contributed by atoms with van der Waals surface area (Å²) in [4.78, 5) is 16.7. The van der Waals surface area contributed by atoms with E-state index in [1.807, 2.05) is 43.1 Å². The highest BCUT2D eigenvalue weighted by molar-refractivity contribution is 9.10. The maximum absolute atomic E-state index is 14.0. The van der Waals surface area contributed by atoms with Gasteiger partial charge in [-0.1, -0.05) is 15.9 Å². The first-order valence-electron chi connectivity index (χ1n) is 9.32. The van der Waals surface area contributed by atoms with Crippen molar-refractivity contribution in [1.29, 1.82) is 0 Å². The fraction of sp³-hybridized carbons (Fsp3) is 0.381. The van der Waals surface area contributed by atoms with Crippen molar-refractivity contribution < 1.29 is 13.9 Å². The van der Waals surface area contributed by atoms with Crippen LogP contribution >= 0.6 is 15.9 Å². The molecule has 5 nitrogen and oxygen atoms in total. The summed E-state index contributed by atoms with van der Waals surface area (Å²) in [5.74, 6) is -0.404. The summed E-state index contributed by atoms with van der Waals surface area (Å²) in [5.41, 5.74) is 2.42. The monoisotopic (exact) mass is 449 g/mol. The second kappa shape index (κ2) is 9.49. The molecule has 1 saturated heterocycles. The molecule has 7 heteroatoms. The minimum atomic E-state index is -0.405. The molecule has 150 valence electrons. The number of hydrogen-bond acceptors (Lipinski definition) is 4. The maximum Gasteiger partial charge on any atom is 0.241 e. The lowest BCUT2D eigenvalue weighted by Crippen LogP contribution is -2.39. The number of halogens is 2. The Kier molecular flexibility index (Phi) is 7.04. The van der Waals surface area contributed by atoms with Gasteiger partial charge in [-0.05, 0) is 56.4 Å². The molecule has 2 aromatic rings. The van der Waals surface area contributed by atoms with Gasteiger partial charge in [-0.15, -0.1) is 0 Å². The Morgan fingerprint density at radius 3 is 2.61 bits per heavy atom. The molecule has 1 N–H and O–H groups in total. The Morgan fingerprint density at radius 1 is 1.25 bits per heavy atom. The van der Waals surface area contributed by atoms with Gasteiger partial charge in [0.15, 0.2) is 0 Å². The average molecular weight is 450 g/mol. The number of amides is 1. The maximum atomic E-state index is 14.0. The highest BCUT2D eigenvalue weighted by Gasteiger charge is 2.20. The molecule has 0 aromatic heterocycles. The Morgan fingerprint density at radius 2 is 1.93 bits per heavy atom. The summed E-state index contributed by atoms with van der Waals surface area (Å²) in [5, 5.41) is 2.94. The van der Waals surface area contributed by atoms with E-state index in [0.717, 1.165) is 42.2 Å². The molecule has 0 radical (unpaired) electrons. The molecule has 3 rings (SSSR count). The van der Waals surface area contributed by atoms with E-state index in [1.165, 1.54) is 6.07 Å². The summed E-state index contributed by atoms with van der Waals surface area (Å²) in [6.45, 7) is 5.38. The van der Waals surface area contributed by atoms with Gasteiger partial charge in [-0.3, -0.25) is 9.69 Å². The summed E-state index contributed by atoms with van der Waals surface area (Å²) in [6.07, 6.45) is 0. The first-order valence-corrected chi connectivity index (χ1v) is 10.1. The van der Waals surface area contributed by atoms with E-state index < -0.39 is 6.04 Å². The number of benzene rings is 2. The van der Waals surface area contributed by atoms with E-state index in [-0.39, 0.29) is 11.7 Å². The number of rotatable bonds is 6. The molecule has 2 aromatic carbocycles. The zero-order valence-corrected chi connectivity index (χ0v) is 17.7. The number of carbonyl (C=O) groups is 1. The number of likely N-dealkylation sites (N-methyl/N-ethyl adjacent to an activating group) is 1. The van der Waals surface area contributed by atoms with Crippen molar-refractivity contribution in [2.45, 2.75) is 19.5 Å². The highest BCUT2D eigenvalue weighted by atomic mass is 79.9. The van der Waals surface area contributed by atoms with Crippen LogP contribution in [-0.4, -0.2) is 50.2 Å². The zero-order chi connectivity index (χ0) is 20.1. The molecule has 1 heterocycles. The normalized spacial score (nSPS) is 15.5. The molecule has 28 heavy (non-hydrogen) atoms. The van der Waals surface area contributed by atoms with Gasteiger partial charge < -0.3 is 15.0 Å². The molecule has 0 bridgehead atoms. The summed E-state index contributed by atoms with van der Waals surface area (Å²) < 4.78 is 20.2. The Balaban J connectivity index is 1.57. The number of anilines is 2. The van der Waals surface area contributed by atoms with Crippen molar-refractivity contribution in [3.05, 3.63) is 58.3 Å². The fourth-order valence-corrected chi connectivity index (χ4v) is 3.50. The highest BCUT2D eigenvalue weighted by Crippen LogP contribution is 2.20. The van der Waals surface area contributed by atoms with Gasteiger partial charge in [-0.2, -0.15) is 0 Å². The molecule has 1 aliphatic heterocycles. The van der Waals surface area contributed by atoms with E-state index in [0.29, 0.717) is 12.1 Å². The zero-order valence-electron chi connectivity index (χ0n) is 16.1. The van der Waals surface area contributed by atoms with Crippen LogP contribution in [-0.2, 0) is 16.1 Å². The van der Waals surface area contributed by atoms with Gasteiger partial charge >= 0.3 is 0 Å². The Hall–Kier alpha value is -1.96. The second-order valence-electron chi connectivity index (χ2n) is 6.96. The third-order valence-electron chi connectivity index (χ3n) is 4.98. The number of hydrogen-bond donors (Lipinski definition) is 1. The van der Waals surface area contributed by atoms with Gasteiger partial charge in [0.2, 0.25) is 5.91 Å². The largest absolute Gasteiger partial charge is 0.378 e. The van der Waals surface area contributed by atoms with Crippen molar-refractivity contribution in [3.63, 3.8) is 0 Å². The lowest BCUT2D eigenvalue weighted by Gasteiger charge is -2.29. The van der Waals surface area contributed by atoms with Crippen LogP contribution in [0.1, 0.15) is 12.5 Å². The predicted octanol–water partition coefficient (Wildman–Crippen LogP) is 3.88. The van der Waals surface area contributed by atoms with Crippen LogP contribution in [0, 0.1) is 5.82 Å². The molecule has 1 fully saturated rings. The van der Waals surface area contributed by atoms with Crippen LogP contribution in [0.5, 0.6) is 0 Å². The fourth-order valence-electron chi connectivity index (χ4n) is 3.09. The third kappa shape index (κ3) is 5.31. The van der Waals surface area contributed by atoms with Crippen molar-refractivity contribution in [2.75, 3.05) is 43.6 Å². The lowest BCUT2D eigenvalue weighted by atomic mass is 10.1. The topological polar surface area (TPSA) is 44.8 Å². The summed E-state index contributed by atoms with van der Waals surface area (Å²) in [6, 6.07) is 12.2. The molecular weight excluding hydrogens is 425 g/mol. The quantitative estimate of drug-likeness (QED) is 0.726. The number of morpholine rings is 1. The lowest BCUT2D eigenvalue weighted by molar-refractivity contribution is -0.120. The molecule has 0 saturated carbocycles. The van der Waals surface area contributed by atoms with Crippen molar-refractivity contribution in [1.82, 2.24) is 4.90 Å². The van der Waals surface area contributed by atoms with E-state index in [9.17, 15) is 9.18 Å². The van der Waals surface area contributed by atoms with Crippen LogP contribution in [0.3, 0.4) is 0 Å². The molecule has 1 aliphatic rings. The summed E-state index contributed by atoms with van der Waals surface area (Å²) in [7, 11) is 1.81.